The molecule has 0 saturated heterocycles. The molecule has 3 nitrogen and oxygen atoms in total. The Morgan fingerprint density at radius 3 is 2.55 bits per heavy atom. The Hall–Kier alpha value is -2.07. The molecule has 0 bridgehead atoms. The maximum Gasteiger partial charge on any atom is 0.171 e. The van der Waals surface area contributed by atoms with Crippen LogP contribution in [-0.2, 0) is 6.42 Å². The standard InChI is InChI=1S/C18H22N2OS/c1-4-14-8-10-15(11-9-14)13(2)19-18(22)20-16-6-5-7-17(12-16)21-3/h5-13H,4H2,1-3H3,(H2,19,20,22). The minimum absolute atomic E-state index is 0.150. The van der Waals surface area contributed by atoms with E-state index in [0.29, 0.717) is 5.11 Å². The van der Waals surface area contributed by atoms with Gasteiger partial charge in [-0.05, 0) is 48.8 Å². The van der Waals surface area contributed by atoms with E-state index in [9.17, 15) is 0 Å². The third-order valence-corrected chi connectivity index (χ3v) is 3.78. The summed E-state index contributed by atoms with van der Waals surface area (Å²) in [5.41, 5.74) is 3.46. The van der Waals surface area contributed by atoms with Crippen molar-refractivity contribution in [3.05, 3.63) is 59.7 Å². The molecule has 22 heavy (non-hydrogen) atoms. The zero-order valence-electron chi connectivity index (χ0n) is 13.2. The maximum absolute atomic E-state index is 5.38. The predicted molar refractivity (Wildman–Crippen MR) is 96.6 cm³/mol. The number of methoxy groups -OCH3 is 1. The van der Waals surface area contributed by atoms with Gasteiger partial charge in [-0.25, -0.2) is 0 Å². The number of anilines is 1. The number of ether oxygens (including phenoxy) is 1. The summed E-state index contributed by atoms with van der Waals surface area (Å²) in [6.07, 6.45) is 1.05. The van der Waals surface area contributed by atoms with E-state index in [-0.39, 0.29) is 6.04 Å². The number of nitrogens with one attached hydrogen (secondary N) is 2. The Labute approximate surface area is 137 Å². The fourth-order valence-corrected chi connectivity index (χ4v) is 2.48. The minimum Gasteiger partial charge on any atom is -0.497 e. The molecule has 0 amide bonds. The lowest BCUT2D eigenvalue weighted by molar-refractivity contribution is 0.415. The Bertz CT molecular complexity index is 625. The van der Waals surface area contributed by atoms with E-state index in [2.05, 4.69) is 48.7 Å². The number of thiocarbonyl (C=S) groups is 1. The van der Waals surface area contributed by atoms with Crippen molar-refractivity contribution < 1.29 is 4.74 Å². The Balaban J connectivity index is 1.95. The number of benzene rings is 2. The fraction of sp³-hybridized carbons (Fsp3) is 0.278. The van der Waals surface area contributed by atoms with Gasteiger partial charge >= 0.3 is 0 Å². The van der Waals surface area contributed by atoms with Crippen molar-refractivity contribution >= 4 is 23.0 Å². The fourth-order valence-electron chi connectivity index (χ4n) is 2.19. The molecule has 2 rings (SSSR count). The number of hydrogen-bond acceptors (Lipinski definition) is 2. The van der Waals surface area contributed by atoms with Crippen LogP contribution in [0.25, 0.3) is 0 Å². The lowest BCUT2D eigenvalue weighted by Gasteiger charge is -2.18. The van der Waals surface area contributed by atoms with E-state index in [4.69, 9.17) is 17.0 Å². The van der Waals surface area contributed by atoms with E-state index in [0.717, 1.165) is 17.9 Å². The summed E-state index contributed by atoms with van der Waals surface area (Å²) in [6.45, 7) is 4.25. The average Bonchev–Trinajstić information content (AvgIpc) is 2.55. The molecule has 0 radical (unpaired) electrons. The zero-order valence-corrected chi connectivity index (χ0v) is 14.0. The molecule has 1 atom stereocenters. The number of rotatable bonds is 5. The quantitative estimate of drug-likeness (QED) is 0.806. The first-order chi connectivity index (χ1) is 10.6. The van der Waals surface area contributed by atoms with Crippen LogP contribution in [0.2, 0.25) is 0 Å². The molecular formula is C18H22N2OS. The van der Waals surface area contributed by atoms with Gasteiger partial charge in [-0.2, -0.15) is 0 Å². The predicted octanol–water partition coefficient (Wildman–Crippen LogP) is 4.31. The monoisotopic (exact) mass is 314 g/mol. The smallest absolute Gasteiger partial charge is 0.171 e. The lowest BCUT2D eigenvalue weighted by Crippen LogP contribution is -2.30. The van der Waals surface area contributed by atoms with Crippen molar-refractivity contribution in [2.75, 3.05) is 12.4 Å². The van der Waals surface area contributed by atoms with Gasteiger partial charge in [0.2, 0.25) is 0 Å². The minimum atomic E-state index is 0.150. The largest absolute Gasteiger partial charge is 0.497 e. The van der Waals surface area contributed by atoms with Crippen molar-refractivity contribution in [2.24, 2.45) is 0 Å². The van der Waals surface area contributed by atoms with Crippen molar-refractivity contribution in [3.63, 3.8) is 0 Å². The van der Waals surface area contributed by atoms with Crippen LogP contribution in [0.15, 0.2) is 48.5 Å². The summed E-state index contributed by atoms with van der Waals surface area (Å²) in [4.78, 5) is 0. The molecule has 0 fully saturated rings. The topological polar surface area (TPSA) is 33.3 Å². The molecule has 1 unspecified atom stereocenters. The molecule has 0 aliphatic heterocycles. The van der Waals surface area contributed by atoms with Gasteiger partial charge in [0.25, 0.3) is 0 Å². The molecule has 0 saturated carbocycles. The zero-order chi connectivity index (χ0) is 15.9. The van der Waals surface area contributed by atoms with E-state index in [1.165, 1.54) is 11.1 Å². The molecule has 2 aromatic carbocycles. The van der Waals surface area contributed by atoms with Crippen LogP contribution < -0.4 is 15.4 Å². The summed E-state index contributed by atoms with van der Waals surface area (Å²) < 4.78 is 5.20. The lowest BCUT2D eigenvalue weighted by atomic mass is 10.1. The second-order valence-electron chi connectivity index (χ2n) is 5.15. The highest BCUT2D eigenvalue weighted by molar-refractivity contribution is 7.80. The summed E-state index contributed by atoms with van der Waals surface area (Å²) in [7, 11) is 1.65. The first-order valence-electron chi connectivity index (χ1n) is 7.42. The molecule has 0 heterocycles. The number of aryl methyl sites for hydroxylation is 1. The van der Waals surface area contributed by atoms with Gasteiger partial charge in [-0.3, -0.25) is 0 Å². The van der Waals surface area contributed by atoms with Crippen molar-refractivity contribution in [3.8, 4) is 5.75 Å². The summed E-state index contributed by atoms with van der Waals surface area (Å²) in [5.74, 6) is 0.802. The first-order valence-corrected chi connectivity index (χ1v) is 7.83. The molecule has 0 aromatic heterocycles. The van der Waals surface area contributed by atoms with E-state index >= 15 is 0 Å². The van der Waals surface area contributed by atoms with Crippen molar-refractivity contribution in [1.82, 2.24) is 5.32 Å². The van der Waals surface area contributed by atoms with Gasteiger partial charge in [0.05, 0.1) is 13.2 Å². The van der Waals surface area contributed by atoms with E-state index in [1.54, 1.807) is 7.11 Å². The first kappa shape index (κ1) is 16.3. The number of hydrogen-bond donors (Lipinski definition) is 2. The highest BCUT2D eigenvalue weighted by atomic mass is 32.1. The summed E-state index contributed by atoms with van der Waals surface area (Å²) in [5, 5.41) is 7.08. The second-order valence-corrected chi connectivity index (χ2v) is 5.56. The van der Waals surface area contributed by atoms with Gasteiger partial charge in [-0.1, -0.05) is 37.3 Å². The van der Waals surface area contributed by atoms with Gasteiger partial charge < -0.3 is 15.4 Å². The third-order valence-electron chi connectivity index (χ3n) is 3.56. The molecule has 116 valence electrons. The van der Waals surface area contributed by atoms with Crippen LogP contribution in [0.1, 0.15) is 31.0 Å². The molecule has 2 aromatic rings. The molecule has 4 heteroatoms. The van der Waals surface area contributed by atoms with Crippen LogP contribution in [0.4, 0.5) is 5.69 Å². The third kappa shape index (κ3) is 4.46. The molecule has 0 aliphatic rings. The molecule has 2 N–H and O–H groups in total. The maximum atomic E-state index is 5.38. The van der Waals surface area contributed by atoms with E-state index in [1.807, 2.05) is 24.3 Å². The van der Waals surface area contributed by atoms with E-state index < -0.39 is 0 Å². The van der Waals surface area contributed by atoms with Crippen LogP contribution in [-0.4, -0.2) is 12.2 Å². The van der Waals surface area contributed by atoms with Crippen molar-refractivity contribution in [2.45, 2.75) is 26.3 Å². The SMILES string of the molecule is CCc1ccc(C(C)NC(=S)Nc2cccc(OC)c2)cc1. The van der Waals surface area contributed by atoms with Crippen LogP contribution >= 0.6 is 12.2 Å². The normalized spacial score (nSPS) is 11.6. The van der Waals surface area contributed by atoms with Gasteiger partial charge in [0.15, 0.2) is 5.11 Å². The Morgan fingerprint density at radius 1 is 1.18 bits per heavy atom. The summed E-state index contributed by atoms with van der Waals surface area (Å²) in [6, 6.07) is 16.5. The van der Waals surface area contributed by atoms with Gasteiger partial charge in [0.1, 0.15) is 5.75 Å². The Morgan fingerprint density at radius 2 is 1.91 bits per heavy atom. The van der Waals surface area contributed by atoms with Crippen LogP contribution in [0.5, 0.6) is 5.75 Å². The average molecular weight is 314 g/mol. The highest BCUT2D eigenvalue weighted by Gasteiger charge is 2.07. The van der Waals surface area contributed by atoms with Crippen molar-refractivity contribution in [1.29, 1.82) is 0 Å². The molecule has 0 aliphatic carbocycles. The van der Waals surface area contributed by atoms with Gasteiger partial charge in [-0.15, -0.1) is 0 Å². The Kier molecular flexibility index (Phi) is 5.78. The molecule has 0 spiro atoms. The van der Waals surface area contributed by atoms with Gasteiger partial charge in [0, 0.05) is 11.8 Å². The van der Waals surface area contributed by atoms with Crippen LogP contribution in [0, 0.1) is 0 Å². The van der Waals surface area contributed by atoms with Crippen LogP contribution in [0.3, 0.4) is 0 Å². The highest BCUT2D eigenvalue weighted by Crippen LogP contribution is 2.18. The molecular weight excluding hydrogens is 292 g/mol. The summed E-state index contributed by atoms with van der Waals surface area (Å²) >= 11 is 5.38. The second kappa shape index (κ2) is 7.80.